The van der Waals surface area contributed by atoms with E-state index in [1.165, 1.54) is 0 Å². The van der Waals surface area contributed by atoms with E-state index in [0.717, 1.165) is 6.42 Å². The van der Waals surface area contributed by atoms with Crippen molar-refractivity contribution < 1.29 is 19.8 Å². The molecule has 4 saturated carbocycles. The quantitative estimate of drug-likeness (QED) is 0.558. The summed E-state index contributed by atoms with van der Waals surface area (Å²) in [6.45, 7) is 0. The van der Waals surface area contributed by atoms with Crippen LogP contribution in [0.15, 0.2) is 0 Å². The highest BCUT2D eigenvalue weighted by atomic mass is 17.0. The lowest BCUT2D eigenvalue weighted by molar-refractivity contribution is -0.802. The molecule has 0 aromatic carbocycles. The molecule has 0 radical (unpaired) electrons. The summed E-state index contributed by atoms with van der Waals surface area (Å²) >= 11 is 0. The molecule has 0 aromatic heterocycles. The second kappa shape index (κ2) is 3.46. The molecule has 100 valence electrons. The molecule has 0 unspecified atom stereocenters. The highest BCUT2D eigenvalue weighted by molar-refractivity contribution is 5.10. The van der Waals surface area contributed by atoms with Crippen LogP contribution < -0.4 is 0 Å². The highest BCUT2D eigenvalue weighted by Gasteiger charge is 2.61. The lowest BCUT2D eigenvalue weighted by atomic mass is 9.52. The summed E-state index contributed by atoms with van der Waals surface area (Å²) in [5, 5.41) is 19.7. The van der Waals surface area contributed by atoms with Crippen molar-refractivity contribution in [1.29, 1.82) is 0 Å². The Bertz CT molecular complexity index is 363. The van der Waals surface area contributed by atoms with Gasteiger partial charge in [0.1, 0.15) is 11.2 Å². The second-order valence-corrected chi connectivity index (χ2v) is 5.96. The average molecular weight is 258 g/mol. The predicted octanol–water partition coefficient (Wildman–Crippen LogP) is 1.49. The van der Waals surface area contributed by atoms with Crippen molar-refractivity contribution >= 4 is 0 Å². The molecule has 0 heterocycles. The van der Waals surface area contributed by atoms with E-state index in [0.29, 0.717) is 25.7 Å². The van der Waals surface area contributed by atoms with E-state index in [4.69, 9.17) is 9.68 Å². The first-order valence-corrected chi connectivity index (χ1v) is 6.07. The zero-order chi connectivity index (χ0) is 13.0. The molecule has 18 heavy (non-hydrogen) atoms. The van der Waals surface area contributed by atoms with E-state index in [2.05, 4.69) is 0 Å². The largest absolute Gasteiger partial charge is 0.307 e. The van der Waals surface area contributed by atoms with Crippen LogP contribution >= 0.6 is 0 Å². The van der Waals surface area contributed by atoms with Gasteiger partial charge in [-0.3, -0.25) is 0 Å². The van der Waals surface area contributed by atoms with E-state index in [-0.39, 0.29) is 18.3 Å². The maximum atomic E-state index is 10.6. The third-order valence-corrected chi connectivity index (χ3v) is 4.49. The van der Waals surface area contributed by atoms with Crippen LogP contribution in [0, 0.1) is 32.1 Å². The first-order chi connectivity index (χ1) is 8.40. The third kappa shape index (κ3) is 1.75. The lowest BCUT2D eigenvalue weighted by Crippen LogP contribution is -2.61. The summed E-state index contributed by atoms with van der Waals surface area (Å²) in [6.07, 6.45) is 3.71. The number of rotatable bonds is 4. The average Bonchev–Trinajstić information content (AvgIpc) is 2.08. The van der Waals surface area contributed by atoms with E-state index < -0.39 is 21.4 Å². The molecule has 8 heteroatoms. The fraction of sp³-hybridized carbons (Fsp3) is 1.00. The van der Waals surface area contributed by atoms with Crippen LogP contribution in [0.3, 0.4) is 0 Å². The van der Waals surface area contributed by atoms with Gasteiger partial charge in [0.15, 0.2) is 0 Å². The van der Waals surface area contributed by atoms with Crippen LogP contribution in [-0.2, 0) is 9.68 Å². The van der Waals surface area contributed by atoms with Gasteiger partial charge < -0.3 is 9.68 Å². The predicted molar refractivity (Wildman–Crippen MR) is 56.3 cm³/mol. The third-order valence-electron chi connectivity index (χ3n) is 4.49. The lowest BCUT2D eigenvalue weighted by Gasteiger charge is -2.59. The zero-order valence-corrected chi connectivity index (χ0v) is 9.74. The molecular weight excluding hydrogens is 244 g/mol. The van der Waals surface area contributed by atoms with E-state index in [1.807, 2.05) is 0 Å². The number of hydrogen-bond donors (Lipinski definition) is 0. The molecule has 0 amide bonds. The van der Waals surface area contributed by atoms with Gasteiger partial charge in [0.25, 0.3) is 10.2 Å². The van der Waals surface area contributed by atoms with E-state index >= 15 is 0 Å². The molecule has 0 aliphatic heterocycles. The summed E-state index contributed by atoms with van der Waals surface area (Å²) in [5.41, 5.74) is -1.72. The Morgan fingerprint density at radius 2 is 1.28 bits per heavy atom. The Morgan fingerprint density at radius 1 is 0.889 bits per heavy atom. The van der Waals surface area contributed by atoms with Gasteiger partial charge >= 0.3 is 0 Å². The topological polar surface area (TPSA) is 105 Å². The van der Waals surface area contributed by atoms with Crippen LogP contribution in [0.4, 0.5) is 0 Å². The highest BCUT2D eigenvalue weighted by Crippen LogP contribution is 2.60. The summed E-state index contributed by atoms with van der Waals surface area (Å²) in [4.78, 5) is 31.0. The molecule has 8 nitrogen and oxygen atoms in total. The maximum absolute atomic E-state index is 10.6. The summed E-state index contributed by atoms with van der Waals surface area (Å²) in [5.74, 6) is 0.484. The minimum Gasteiger partial charge on any atom is -0.307 e. The van der Waals surface area contributed by atoms with Gasteiger partial charge in [-0.1, -0.05) is 0 Å². The SMILES string of the molecule is O=[N+]([O-])OC12CC3CC(C1)CC(O[N+](=O)[O-])(C3)C2. The molecule has 0 saturated heterocycles. The molecule has 0 atom stereocenters. The van der Waals surface area contributed by atoms with Gasteiger partial charge in [0, 0.05) is 6.42 Å². The Hall–Kier alpha value is -1.60. The Morgan fingerprint density at radius 3 is 1.61 bits per heavy atom. The van der Waals surface area contributed by atoms with Crippen LogP contribution in [-0.4, -0.2) is 21.4 Å². The van der Waals surface area contributed by atoms with Crippen LogP contribution in [0.2, 0.25) is 0 Å². The molecule has 0 N–H and O–H groups in total. The molecule has 4 aliphatic rings. The monoisotopic (exact) mass is 258 g/mol. The number of hydrogen-bond acceptors (Lipinski definition) is 6. The Labute approximate surface area is 102 Å². The summed E-state index contributed by atoms with van der Waals surface area (Å²) in [6, 6.07) is 0. The standard InChI is InChI=1S/C10H14N2O6/c13-11(14)17-9-2-7-1-8(4-9)5-10(3-7,6-9)18-12(15)16/h7-8H,1-6H2. The molecule has 4 bridgehead atoms. The molecule has 4 fully saturated rings. The van der Waals surface area contributed by atoms with Crippen molar-refractivity contribution in [3.63, 3.8) is 0 Å². The van der Waals surface area contributed by atoms with Crippen molar-refractivity contribution in [3.8, 4) is 0 Å². The van der Waals surface area contributed by atoms with Gasteiger partial charge in [-0.05, 0) is 43.9 Å². The smallest absolute Gasteiger partial charge is 0.295 e. The molecule has 4 aliphatic carbocycles. The summed E-state index contributed by atoms with van der Waals surface area (Å²) in [7, 11) is 0. The summed E-state index contributed by atoms with van der Waals surface area (Å²) < 4.78 is 0. The normalized spacial score (nSPS) is 44.7. The second-order valence-electron chi connectivity index (χ2n) is 5.96. The van der Waals surface area contributed by atoms with Crippen molar-refractivity contribution in [1.82, 2.24) is 0 Å². The van der Waals surface area contributed by atoms with Gasteiger partial charge in [-0.2, -0.15) is 0 Å². The van der Waals surface area contributed by atoms with Crippen LogP contribution in [0.5, 0.6) is 0 Å². The molecule has 4 rings (SSSR count). The van der Waals surface area contributed by atoms with Crippen LogP contribution in [0.25, 0.3) is 0 Å². The molecular formula is C10H14N2O6. The van der Waals surface area contributed by atoms with Crippen molar-refractivity contribution in [2.45, 2.75) is 49.7 Å². The van der Waals surface area contributed by atoms with Gasteiger partial charge in [0.05, 0.1) is 0 Å². The first-order valence-electron chi connectivity index (χ1n) is 6.07. The van der Waals surface area contributed by atoms with Gasteiger partial charge in [-0.25, -0.2) is 0 Å². The minimum atomic E-state index is -0.858. The van der Waals surface area contributed by atoms with Crippen molar-refractivity contribution in [2.24, 2.45) is 11.8 Å². The van der Waals surface area contributed by atoms with Crippen LogP contribution in [0.1, 0.15) is 38.5 Å². The first kappa shape index (κ1) is 11.5. The van der Waals surface area contributed by atoms with E-state index in [1.54, 1.807) is 0 Å². The fourth-order valence-corrected chi connectivity index (χ4v) is 4.63. The Kier molecular flexibility index (Phi) is 2.21. The van der Waals surface area contributed by atoms with Gasteiger partial charge in [0.2, 0.25) is 0 Å². The minimum absolute atomic E-state index is 0.242. The number of nitrogens with zero attached hydrogens (tertiary/aromatic N) is 2. The Balaban J connectivity index is 1.87. The fourth-order valence-electron chi connectivity index (χ4n) is 4.63. The van der Waals surface area contributed by atoms with Crippen molar-refractivity contribution in [2.75, 3.05) is 0 Å². The molecule has 0 aromatic rings. The van der Waals surface area contributed by atoms with Gasteiger partial charge in [-0.15, -0.1) is 20.2 Å². The zero-order valence-electron chi connectivity index (χ0n) is 9.74. The van der Waals surface area contributed by atoms with E-state index in [9.17, 15) is 20.2 Å². The maximum Gasteiger partial charge on any atom is 0.295 e. The van der Waals surface area contributed by atoms with Crippen molar-refractivity contribution in [3.05, 3.63) is 20.2 Å². The molecule has 0 spiro atoms.